The minimum absolute atomic E-state index is 0.191. The molecule has 2 rings (SSSR count). The molecule has 0 atom stereocenters. The van der Waals surface area contributed by atoms with Crippen LogP contribution >= 0.6 is 11.6 Å². The van der Waals surface area contributed by atoms with Crippen LogP contribution in [0.15, 0.2) is 42.5 Å². The van der Waals surface area contributed by atoms with Gasteiger partial charge in [0.25, 0.3) is 5.91 Å². The average molecular weight is 307 g/mol. The highest BCUT2D eigenvalue weighted by Crippen LogP contribution is 2.20. The standard InChI is InChI=1S/C16H16ClFN2O/c1-19-15-7-4-12(17)10-14(15)16(21)20-9-8-11-2-5-13(18)6-3-11/h2-7,10,19H,8-9H2,1H3,(H,20,21). The van der Waals surface area contributed by atoms with Crippen molar-refractivity contribution in [3.63, 3.8) is 0 Å². The van der Waals surface area contributed by atoms with E-state index in [1.54, 1.807) is 37.4 Å². The van der Waals surface area contributed by atoms with Gasteiger partial charge in [-0.25, -0.2) is 4.39 Å². The molecule has 5 heteroatoms. The number of hydrogen-bond acceptors (Lipinski definition) is 2. The molecule has 0 spiro atoms. The van der Waals surface area contributed by atoms with Crippen LogP contribution in [0.1, 0.15) is 15.9 Å². The molecule has 0 aliphatic carbocycles. The number of nitrogens with one attached hydrogen (secondary N) is 2. The van der Waals surface area contributed by atoms with Gasteiger partial charge in [0.2, 0.25) is 0 Å². The molecule has 0 saturated heterocycles. The first-order valence-corrected chi connectivity index (χ1v) is 6.98. The molecule has 0 aromatic heterocycles. The molecule has 0 bridgehead atoms. The Morgan fingerprint density at radius 1 is 1.19 bits per heavy atom. The summed E-state index contributed by atoms with van der Waals surface area (Å²) in [7, 11) is 1.75. The second-order valence-corrected chi connectivity index (χ2v) is 5.01. The molecule has 21 heavy (non-hydrogen) atoms. The van der Waals surface area contributed by atoms with E-state index in [0.717, 1.165) is 11.3 Å². The second kappa shape index (κ2) is 7.09. The topological polar surface area (TPSA) is 41.1 Å². The third-order valence-corrected chi connectivity index (χ3v) is 3.34. The minimum atomic E-state index is -0.264. The number of carbonyl (C=O) groups is 1. The highest BCUT2D eigenvalue weighted by Gasteiger charge is 2.10. The second-order valence-electron chi connectivity index (χ2n) is 4.57. The molecule has 3 nitrogen and oxygen atoms in total. The van der Waals surface area contributed by atoms with Crippen molar-refractivity contribution in [2.75, 3.05) is 18.9 Å². The third kappa shape index (κ3) is 4.20. The van der Waals surface area contributed by atoms with E-state index < -0.39 is 0 Å². The molecule has 1 amide bonds. The lowest BCUT2D eigenvalue weighted by atomic mass is 10.1. The van der Waals surface area contributed by atoms with Crippen LogP contribution in [-0.4, -0.2) is 19.5 Å². The number of carbonyl (C=O) groups excluding carboxylic acids is 1. The van der Waals surface area contributed by atoms with Gasteiger partial charge in [-0.05, 0) is 42.3 Å². The molecule has 0 fully saturated rings. The summed E-state index contributed by atoms with van der Waals surface area (Å²) in [6, 6.07) is 11.3. The quantitative estimate of drug-likeness (QED) is 0.888. The molecular weight excluding hydrogens is 291 g/mol. The van der Waals surface area contributed by atoms with E-state index in [1.807, 2.05) is 0 Å². The van der Waals surface area contributed by atoms with Crippen LogP contribution in [0.5, 0.6) is 0 Å². The van der Waals surface area contributed by atoms with Gasteiger partial charge in [-0.1, -0.05) is 23.7 Å². The van der Waals surface area contributed by atoms with Crippen molar-refractivity contribution in [1.29, 1.82) is 0 Å². The fourth-order valence-electron chi connectivity index (χ4n) is 1.99. The molecule has 0 unspecified atom stereocenters. The van der Waals surface area contributed by atoms with Gasteiger partial charge < -0.3 is 10.6 Å². The number of rotatable bonds is 5. The van der Waals surface area contributed by atoms with Crippen LogP contribution in [0, 0.1) is 5.82 Å². The number of hydrogen-bond donors (Lipinski definition) is 2. The van der Waals surface area contributed by atoms with Crippen LogP contribution in [-0.2, 0) is 6.42 Å². The number of halogens is 2. The monoisotopic (exact) mass is 306 g/mol. The predicted octanol–water partition coefficient (Wildman–Crippen LogP) is 3.49. The van der Waals surface area contributed by atoms with Gasteiger partial charge in [0.15, 0.2) is 0 Å². The summed E-state index contributed by atoms with van der Waals surface area (Å²) >= 11 is 5.92. The molecule has 0 aliphatic rings. The van der Waals surface area contributed by atoms with Crippen molar-refractivity contribution < 1.29 is 9.18 Å². The maximum atomic E-state index is 12.8. The van der Waals surface area contributed by atoms with Gasteiger partial charge in [0.05, 0.1) is 5.56 Å². The average Bonchev–Trinajstić information content (AvgIpc) is 2.49. The van der Waals surface area contributed by atoms with Crippen molar-refractivity contribution in [3.8, 4) is 0 Å². The Morgan fingerprint density at radius 3 is 2.57 bits per heavy atom. The minimum Gasteiger partial charge on any atom is -0.387 e. The number of anilines is 1. The van der Waals surface area contributed by atoms with E-state index in [0.29, 0.717) is 23.6 Å². The highest BCUT2D eigenvalue weighted by molar-refractivity contribution is 6.31. The first kappa shape index (κ1) is 15.3. The van der Waals surface area contributed by atoms with E-state index in [9.17, 15) is 9.18 Å². The molecular formula is C16H16ClFN2O. The van der Waals surface area contributed by atoms with Gasteiger partial charge in [0.1, 0.15) is 5.82 Å². The summed E-state index contributed by atoms with van der Waals surface area (Å²) in [5.41, 5.74) is 2.19. The van der Waals surface area contributed by atoms with Crippen molar-refractivity contribution in [2.24, 2.45) is 0 Å². The summed E-state index contributed by atoms with van der Waals surface area (Å²) < 4.78 is 12.8. The van der Waals surface area contributed by atoms with Crippen LogP contribution in [0.3, 0.4) is 0 Å². The lowest BCUT2D eigenvalue weighted by Crippen LogP contribution is -2.26. The summed E-state index contributed by atoms with van der Waals surface area (Å²) in [6.45, 7) is 0.472. The maximum Gasteiger partial charge on any atom is 0.253 e. The van der Waals surface area contributed by atoms with Crippen molar-refractivity contribution in [3.05, 3.63) is 64.4 Å². The fourth-order valence-corrected chi connectivity index (χ4v) is 2.16. The van der Waals surface area contributed by atoms with E-state index in [2.05, 4.69) is 10.6 Å². The van der Waals surface area contributed by atoms with Gasteiger partial charge in [0, 0.05) is 24.3 Å². The maximum absolute atomic E-state index is 12.8. The molecule has 2 N–H and O–H groups in total. The normalized spacial score (nSPS) is 10.2. The first-order chi connectivity index (χ1) is 10.1. The first-order valence-electron chi connectivity index (χ1n) is 6.60. The summed E-state index contributed by atoms with van der Waals surface area (Å²) in [5.74, 6) is -0.454. The lowest BCUT2D eigenvalue weighted by molar-refractivity contribution is 0.0955. The van der Waals surface area contributed by atoms with E-state index >= 15 is 0 Å². The van der Waals surface area contributed by atoms with Gasteiger partial charge in [-0.2, -0.15) is 0 Å². The lowest BCUT2D eigenvalue weighted by Gasteiger charge is -2.10. The fraction of sp³-hybridized carbons (Fsp3) is 0.188. The summed E-state index contributed by atoms with van der Waals surface area (Å²) in [5, 5.41) is 6.30. The van der Waals surface area contributed by atoms with Crippen LogP contribution in [0.25, 0.3) is 0 Å². The van der Waals surface area contributed by atoms with Crippen LogP contribution in [0.4, 0.5) is 10.1 Å². The molecule has 110 valence electrons. The largest absolute Gasteiger partial charge is 0.387 e. The molecule has 0 heterocycles. The zero-order chi connectivity index (χ0) is 15.2. The molecule has 0 radical (unpaired) electrons. The smallest absolute Gasteiger partial charge is 0.253 e. The van der Waals surface area contributed by atoms with Gasteiger partial charge >= 0.3 is 0 Å². The Bertz CT molecular complexity index is 629. The summed E-state index contributed by atoms with van der Waals surface area (Å²) in [4.78, 5) is 12.2. The molecule has 2 aromatic carbocycles. The van der Waals surface area contributed by atoms with Crippen molar-refractivity contribution >= 4 is 23.2 Å². The van der Waals surface area contributed by atoms with E-state index in [-0.39, 0.29) is 11.7 Å². The Labute approximate surface area is 128 Å². The van der Waals surface area contributed by atoms with Crippen LogP contribution < -0.4 is 10.6 Å². The Hall–Kier alpha value is -2.07. The van der Waals surface area contributed by atoms with E-state index in [1.165, 1.54) is 12.1 Å². The van der Waals surface area contributed by atoms with E-state index in [4.69, 9.17) is 11.6 Å². The van der Waals surface area contributed by atoms with Crippen molar-refractivity contribution in [1.82, 2.24) is 5.32 Å². The third-order valence-electron chi connectivity index (χ3n) is 3.11. The summed E-state index contributed by atoms with van der Waals surface area (Å²) in [6.07, 6.45) is 0.640. The molecule has 2 aromatic rings. The molecule has 0 saturated carbocycles. The SMILES string of the molecule is CNc1ccc(Cl)cc1C(=O)NCCc1ccc(F)cc1. The van der Waals surface area contributed by atoms with Gasteiger partial charge in [-0.15, -0.1) is 0 Å². The Kier molecular flexibility index (Phi) is 5.17. The Morgan fingerprint density at radius 2 is 1.90 bits per heavy atom. The zero-order valence-electron chi connectivity index (χ0n) is 11.6. The zero-order valence-corrected chi connectivity index (χ0v) is 12.4. The number of amides is 1. The predicted molar refractivity (Wildman–Crippen MR) is 83.4 cm³/mol. The molecule has 0 aliphatic heterocycles. The Balaban J connectivity index is 1.95. The van der Waals surface area contributed by atoms with Gasteiger partial charge in [-0.3, -0.25) is 4.79 Å². The van der Waals surface area contributed by atoms with Crippen LogP contribution in [0.2, 0.25) is 5.02 Å². The highest BCUT2D eigenvalue weighted by atomic mass is 35.5. The number of benzene rings is 2. The van der Waals surface area contributed by atoms with Crippen molar-refractivity contribution in [2.45, 2.75) is 6.42 Å².